The van der Waals surface area contributed by atoms with Crippen molar-refractivity contribution in [1.82, 2.24) is 19.6 Å². The van der Waals surface area contributed by atoms with Crippen LogP contribution in [0.5, 0.6) is 0 Å². The molecule has 0 amide bonds. The maximum Gasteiger partial charge on any atom is 0.113 e. The summed E-state index contributed by atoms with van der Waals surface area (Å²) in [5.74, 6) is 0. The van der Waals surface area contributed by atoms with E-state index in [1.807, 2.05) is 49.6 Å². The Hall–Kier alpha value is -2.63. The quantitative estimate of drug-likeness (QED) is 0.489. The van der Waals surface area contributed by atoms with Gasteiger partial charge in [0.2, 0.25) is 0 Å². The minimum absolute atomic E-state index is 0.487. The summed E-state index contributed by atoms with van der Waals surface area (Å²) in [5, 5.41) is 9.98. The zero-order valence-electron chi connectivity index (χ0n) is 13.8. The van der Waals surface area contributed by atoms with Crippen LogP contribution in [0.4, 0.5) is 0 Å². The van der Waals surface area contributed by atoms with Gasteiger partial charge in [-0.2, -0.15) is 15.0 Å². The van der Waals surface area contributed by atoms with Crippen LogP contribution in [-0.2, 0) is 13.6 Å². The van der Waals surface area contributed by atoms with Crippen LogP contribution >= 0.6 is 23.2 Å². The summed E-state index contributed by atoms with van der Waals surface area (Å²) in [4.78, 5) is 6.44. The maximum atomic E-state index is 6.44. The molecule has 2 aromatic carbocycles. The fraction of sp³-hybridized carbons (Fsp3) is 0.105. The molecule has 0 bridgehead atoms. The first kappa shape index (κ1) is 15.6. The van der Waals surface area contributed by atoms with Gasteiger partial charge in [0.25, 0.3) is 0 Å². The van der Waals surface area contributed by atoms with Crippen LogP contribution < -0.4 is 0 Å². The second-order valence-corrected chi connectivity index (χ2v) is 7.05. The highest BCUT2D eigenvalue weighted by Crippen LogP contribution is 2.33. The van der Waals surface area contributed by atoms with E-state index in [4.69, 9.17) is 28.2 Å². The lowest BCUT2D eigenvalue weighted by Gasteiger charge is -2.12. The number of fused-ring (bicyclic) bond motifs is 4. The van der Waals surface area contributed by atoms with E-state index >= 15 is 0 Å². The molecule has 1 aliphatic heterocycles. The third-order valence-corrected chi connectivity index (χ3v) is 5.09. The molecule has 5 nitrogen and oxygen atoms in total. The molecule has 0 N–H and O–H groups in total. The Balaban J connectivity index is 1.73. The maximum absolute atomic E-state index is 6.44. The predicted octanol–water partition coefficient (Wildman–Crippen LogP) is 4.42. The Kier molecular flexibility index (Phi) is 3.42. The number of aliphatic imine (C=N–C) groups is 1. The molecule has 2 aromatic heterocycles. The highest BCUT2D eigenvalue weighted by atomic mass is 35.5. The lowest BCUT2D eigenvalue weighted by atomic mass is 10.1. The number of aryl methyl sites for hydroxylation is 1. The SMILES string of the molecule is Cn1nc2ccc(C3=NCc4c(Cl)cc(Cl)cc4-n4cccc43)cc2n1. The highest BCUT2D eigenvalue weighted by molar-refractivity contribution is 6.35. The average molecular weight is 382 g/mol. The monoisotopic (exact) mass is 381 g/mol. The normalized spacial score (nSPS) is 13.3. The van der Waals surface area contributed by atoms with Gasteiger partial charge in [0.1, 0.15) is 11.0 Å². The van der Waals surface area contributed by atoms with E-state index in [1.165, 1.54) is 0 Å². The van der Waals surface area contributed by atoms with Gasteiger partial charge in [-0.1, -0.05) is 29.3 Å². The largest absolute Gasteiger partial charge is 0.315 e. The third-order valence-electron chi connectivity index (χ3n) is 4.54. The van der Waals surface area contributed by atoms with Crippen LogP contribution in [0.3, 0.4) is 0 Å². The molecular formula is C19H13Cl2N5. The van der Waals surface area contributed by atoms with Crippen molar-refractivity contribution in [3.05, 3.63) is 75.5 Å². The average Bonchev–Trinajstić information content (AvgIpc) is 3.18. The van der Waals surface area contributed by atoms with E-state index in [9.17, 15) is 0 Å². The first-order valence-electron chi connectivity index (χ1n) is 8.12. The van der Waals surface area contributed by atoms with Crippen LogP contribution in [0.15, 0.2) is 53.7 Å². The van der Waals surface area contributed by atoms with Gasteiger partial charge >= 0.3 is 0 Å². The van der Waals surface area contributed by atoms with Crippen molar-refractivity contribution in [2.75, 3.05) is 0 Å². The van der Waals surface area contributed by atoms with E-state index in [-0.39, 0.29) is 0 Å². The molecule has 0 spiro atoms. The van der Waals surface area contributed by atoms with Crippen molar-refractivity contribution >= 4 is 39.9 Å². The molecule has 4 aromatic rings. The van der Waals surface area contributed by atoms with Gasteiger partial charge in [0.15, 0.2) is 0 Å². The number of halogens is 2. The molecule has 0 saturated carbocycles. The molecule has 0 unspecified atom stereocenters. The highest BCUT2D eigenvalue weighted by Gasteiger charge is 2.21. The third kappa shape index (κ3) is 2.35. The summed E-state index contributed by atoms with van der Waals surface area (Å²) in [6.07, 6.45) is 2.00. The number of hydrogen-bond acceptors (Lipinski definition) is 3. The predicted molar refractivity (Wildman–Crippen MR) is 104 cm³/mol. The number of benzene rings is 2. The molecule has 3 heterocycles. The van der Waals surface area contributed by atoms with Crippen LogP contribution in [-0.4, -0.2) is 25.3 Å². The summed E-state index contributed by atoms with van der Waals surface area (Å²) in [6.45, 7) is 0.487. The van der Waals surface area contributed by atoms with Gasteiger partial charge in [-0.3, -0.25) is 4.99 Å². The van der Waals surface area contributed by atoms with E-state index in [0.29, 0.717) is 16.6 Å². The van der Waals surface area contributed by atoms with Crippen molar-refractivity contribution in [3.63, 3.8) is 0 Å². The Morgan fingerprint density at radius 2 is 1.85 bits per heavy atom. The number of aromatic nitrogens is 4. The molecule has 26 heavy (non-hydrogen) atoms. The second-order valence-electron chi connectivity index (χ2n) is 6.21. The molecule has 7 heteroatoms. The van der Waals surface area contributed by atoms with E-state index in [1.54, 1.807) is 10.9 Å². The van der Waals surface area contributed by atoms with Gasteiger partial charge in [-0.15, -0.1) is 0 Å². The topological polar surface area (TPSA) is 48.0 Å². The lowest BCUT2D eigenvalue weighted by Crippen LogP contribution is -2.08. The Labute approximate surface area is 159 Å². The Bertz CT molecular complexity index is 1200. The van der Waals surface area contributed by atoms with Gasteiger partial charge in [-0.25, -0.2) is 0 Å². The van der Waals surface area contributed by atoms with Gasteiger partial charge in [-0.05, 0) is 36.4 Å². The molecule has 0 saturated heterocycles. The zero-order valence-corrected chi connectivity index (χ0v) is 15.3. The van der Waals surface area contributed by atoms with Crippen molar-refractivity contribution in [3.8, 4) is 5.69 Å². The molecule has 5 rings (SSSR count). The Morgan fingerprint density at radius 1 is 1.00 bits per heavy atom. The molecule has 0 radical (unpaired) electrons. The molecule has 0 atom stereocenters. The van der Waals surface area contributed by atoms with Gasteiger partial charge in [0, 0.05) is 34.4 Å². The van der Waals surface area contributed by atoms with E-state index in [2.05, 4.69) is 14.8 Å². The first-order valence-corrected chi connectivity index (χ1v) is 8.88. The van der Waals surface area contributed by atoms with E-state index < -0.39 is 0 Å². The van der Waals surface area contributed by atoms with Crippen LogP contribution in [0.2, 0.25) is 10.0 Å². The van der Waals surface area contributed by atoms with Crippen LogP contribution in [0.1, 0.15) is 16.8 Å². The number of hydrogen-bond donors (Lipinski definition) is 0. The lowest BCUT2D eigenvalue weighted by molar-refractivity contribution is 0.665. The standard InChI is InChI=1S/C19H13Cl2N5/c1-25-23-15-5-4-11(7-16(15)24-25)19-17-3-2-6-26(17)18-9-12(20)8-14(21)13(18)10-22-19/h2-9H,10H2,1H3. The van der Waals surface area contributed by atoms with Crippen molar-refractivity contribution in [2.24, 2.45) is 12.0 Å². The molecule has 128 valence electrons. The summed E-state index contributed by atoms with van der Waals surface area (Å²) < 4.78 is 2.08. The van der Waals surface area contributed by atoms with Crippen molar-refractivity contribution in [1.29, 1.82) is 0 Å². The van der Waals surface area contributed by atoms with Crippen molar-refractivity contribution in [2.45, 2.75) is 6.54 Å². The fourth-order valence-electron chi connectivity index (χ4n) is 3.39. The number of nitrogens with zero attached hydrogens (tertiary/aromatic N) is 5. The molecule has 1 aliphatic rings. The Morgan fingerprint density at radius 3 is 2.73 bits per heavy atom. The minimum atomic E-state index is 0.487. The molecule has 0 aliphatic carbocycles. The van der Waals surface area contributed by atoms with Gasteiger partial charge < -0.3 is 4.57 Å². The minimum Gasteiger partial charge on any atom is -0.315 e. The molecule has 0 fully saturated rings. The van der Waals surface area contributed by atoms with Crippen molar-refractivity contribution < 1.29 is 0 Å². The fourth-order valence-corrected chi connectivity index (χ4v) is 3.94. The van der Waals surface area contributed by atoms with E-state index in [0.717, 1.165) is 39.3 Å². The number of rotatable bonds is 1. The summed E-state index contributed by atoms with van der Waals surface area (Å²) in [7, 11) is 1.82. The zero-order chi connectivity index (χ0) is 17.8. The summed E-state index contributed by atoms with van der Waals surface area (Å²) in [6, 6.07) is 13.7. The second kappa shape index (κ2) is 5.69. The molecular weight excluding hydrogens is 369 g/mol. The summed E-state index contributed by atoms with van der Waals surface area (Å²) >= 11 is 12.7. The summed E-state index contributed by atoms with van der Waals surface area (Å²) in [5.41, 5.74) is 6.50. The smallest absolute Gasteiger partial charge is 0.113 e. The van der Waals surface area contributed by atoms with Crippen LogP contribution in [0.25, 0.3) is 16.7 Å². The van der Waals surface area contributed by atoms with Crippen LogP contribution in [0, 0.1) is 0 Å². The first-order chi connectivity index (χ1) is 12.6. The van der Waals surface area contributed by atoms with Gasteiger partial charge in [0.05, 0.1) is 23.6 Å².